The second-order valence-corrected chi connectivity index (χ2v) is 8.24. The van der Waals surface area contributed by atoms with E-state index in [1.54, 1.807) is 6.92 Å². The molecule has 2 aromatic rings. The largest absolute Gasteiger partial charge is 0.354 e. The van der Waals surface area contributed by atoms with Crippen LogP contribution in [0.5, 0.6) is 0 Å². The number of alkyl halides is 2. The van der Waals surface area contributed by atoms with Crippen LogP contribution in [0.15, 0.2) is 42.5 Å². The molecule has 3 N–H and O–H groups in total. The van der Waals surface area contributed by atoms with E-state index in [1.165, 1.54) is 12.1 Å². The first-order chi connectivity index (χ1) is 15.7. The average Bonchev–Trinajstić information content (AvgIpc) is 3.26. The summed E-state index contributed by atoms with van der Waals surface area (Å²) in [6, 6.07) is 9.90. The first kappa shape index (κ1) is 24.7. The number of benzene rings is 2. The lowest BCUT2D eigenvalue weighted by Gasteiger charge is -2.20. The summed E-state index contributed by atoms with van der Waals surface area (Å²) < 4.78 is 54.0. The van der Waals surface area contributed by atoms with E-state index in [4.69, 9.17) is 0 Å². The van der Waals surface area contributed by atoms with Gasteiger partial charge in [0.15, 0.2) is 0 Å². The van der Waals surface area contributed by atoms with Crippen LogP contribution in [0, 0.1) is 18.6 Å². The number of nitrogens with one attached hydrogen (secondary N) is 3. The minimum atomic E-state index is -2.82. The Morgan fingerprint density at radius 3 is 2.42 bits per heavy atom. The van der Waals surface area contributed by atoms with Crippen molar-refractivity contribution in [3.05, 3.63) is 70.8 Å². The smallest absolute Gasteiger partial charge is 0.242 e. The molecule has 1 unspecified atom stereocenters. The molecule has 3 atom stereocenters. The monoisotopic (exact) mass is 465 g/mol. The molecule has 2 aromatic carbocycles. The minimum absolute atomic E-state index is 0.101. The summed E-state index contributed by atoms with van der Waals surface area (Å²) in [4.78, 5) is 25.1. The van der Waals surface area contributed by atoms with Gasteiger partial charge in [-0.1, -0.05) is 30.3 Å². The molecule has 1 heterocycles. The molecule has 1 saturated heterocycles. The zero-order valence-corrected chi connectivity index (χ0v) is 18.2. The highest BCUT2D eigenvalue weighted by Gasteiger charge is 2.33. The molecule has 3 rings (SSSR count). The molecule has 0 bridgehead atoms. The maximum Gasteiger partial charge on any atom is 0.242 e. The van der Waals surface area contributed by atoms with Crippen LogP contribution in [0.2, 0.25) is 0 Å². The fourth-order valence-corrected chi connectivity index (χ4v) is 4.00. The number of halogens is 4. The van der Waals surface area contributed by atoms with E-state index in [1.807, 2.05) is 30.3 Å². The summed E-state index contributed by atoms with van der Waals surface area (Å²) in [6.07, 6.45) is -3.35. The SMILES string of the molecule is Cc1cc(F)c(CCNC(=O)[C@H](CC(F)F)NC(=O)C2C[C@@H](c3ccccc3)CN2)c(F)c1. The fraction of sp³-hybridized carbons (Fsp3) is 0.417. The summed E-state index contributed by atoms with van der Waals surface area (Å²) >= 11 is 0. The number of rotatable bonds is 9. The van der Waals surface area contributed by atoms with Crippen LogP contribution in [-0.2, 0) is 16.0 Å². The maximum atomic E-state index is 13.9. The quantitative estimate of drug-likeness (QED) is 0.498. The van der Waals surface area contributed by atoms with E-state index in [0.29, 0.717) is 18.5 Å². The first-order valence-corrected chi connectivity index (χ1v) is 10.8. The molecular weight excluding hydrogens is 438 g/mol. The molecule has 0 aromatic heterocycles. The molecule has 0 aliphatic carbocycles. The third-order valence-corrected chi connectivity index (χ3v) is 5.72. The summed E-state index contributed by atoms with van der Waals surface area (Å²) in [5.74, 6) is -2.73. The van der Waals surface area contributed by atoms with Gasteiger partial charge in [0, 0.05) is 25.1 Å². The molecule has 0 spiro atoms. The van der Waals surface area contributed by atoms with E-state index < -0.39 is 48.4 Å². The van der Waals surface area contributed by atoms with Gasteiger partial charge >= 0.3 is 0 Å². The number of carbonyl (C=O) groups excluding carboxylic acids is 2. The standard InChI is InChI=1S/C24H27F4N3O2/c1-14-9-18(25)17(19(26)10-14)7-8-29-23(32)21(12-22(27)28)31-24(33)20-11-16(13-30-20)15-5-3-2-4-6-15/h2-6,9-10,16,20-22,30H,7-8,11-13H2,1H3,(H,29,32)(H,31,33)/t16-,20?,21+/m1/s1. The lowest BCUT2D eigenvalue weighted by atomic mass is 9.96. The van der Waals surface area contributed by atoms with E-state index in [2.05, 4.69) is 16.0 Å². The van der Waals surface area contributed by atoms with E-state index in [9.17, 15) is 27.2 Å². The van der Waals surface area contributed by atoms with Crippen LogP contribution in [0.1, 0.15) is 35.4 Å². The minimum Gasteiger partial charge on any atom is -0.354 e. The average molecular weight is 465 g/mol. The molecule has 178 valence electrons. The highest BCUT2D eigenvalue weighted by atomic mass is 19.3. The van der Waals surface area contributed by atoms with Gasteiger partial charge in [-0.3, -0.25) is 9.59 Å². The number of hydrogen-bond acceptors (Lipinski definition) is 3. The maximum absolute atomic E-state index is 13.9. The Morgan fingerprint density at radius 1 is 1.12 bits per heavy atom. The molecule has 1 aliphatic rings. The number of amides is 2. The van der Waals surface area contributed by atoms with Crippen LogP contribution >= 0.6 is 0 Å². The third-order valence-electron chi connectivity index (χ3n) is 5.72. The van der Waals surface area contributed by atoms with Crippen molar-refractivity contribution >= 4 is 11.8 Å². The Kier molecular flexibility index (Phi) is 8.43. The van der Waals surface area contributed by atoms with Crippen molar-refractivity contribution < 1.29 is 27.2 Å². The Labute approximate surface area is 189 Å². The lowest BCUT2D eigenvalue weighted by molar-refractivity contribution is -0.130. The van der Waals surface area contributed by atoms with Gasteiger partial charge in [0.2, 0.25) is 18.2 Å². The predicted octanol–water partition coefficient (Wildman–Crippen LogP) is 3.22. The van der Waals surface area contributed by atoms with Crippen molar-refractivity contribution in [1.29, 1.82) is 0 Å². The van der Waals surface area contributed by atoms with Crippen LogP contribution in [0.25, 0.3) is 0 Å². The van der Waals surface area contributed by atoms with Gasteiger partial charge in [-0.15, -0.1) is 0 Å². The van der Waals surface area contributed by atoms with Gasteiger partial charge in [-0.05, 0) is 48.9 Å². The highest BCUT2D eigenvalue weighted by Crippen LogP contribution is 2.25. The van der Waals surface area contributed by atoms with Crippen molar-refractivity contribution in [1.82, 2.24) is 16.0 Å². The zero-order valence-electron chi connectivity index (χ0n) is 18.2. The molecule has 9 heteroatoms. The van der Waals surface area contributed by atoms with E-state index >= 15 is 0 Å². The van der Waals surface area contributed by atoms with Crippen molar-refractivity contribution in [2.75, 3.05) is 13.1 Å². The summed E-state index contributed by atoms with van der Waals surface area (Å²) in [5.41, 5.74) is 1.29. The Morgan fingerprint density at radius 2 is 1.79 bits per heavy atom. The topological polar surface area (TPSA) is 70.2 Å². The highest BCUT2D eigenvalue weighted by molar-refractivity contribution is 5.90. The van der Waals surface area contributed by atoms with Crippen LogP contribution in [-0.4, -0.2) is 43.4 Å². The fourth-order valence-electron chi connectivity index (χ4n) is 4.00. The van der Waals surface area contributed by atoms with E-state index in [0.717, 1.165) is 5.56 Å². The number of carbonyl (C=O) groups is 2. The second-order valence-electron chi connectivity index (χ2n) is 8.24. The Bertz CT molecular complexity index is 948. The van der Waals surface area contributed by atoms with Gasteiger partial charge in [-0.2, -0.15) is 0 Å². The second kappa shape index (κ2) is 11.3. The van der Waals surface area contributed by atoms with Gasteiger partial charge in [0.1, 0.15) is 17.7 Å². The van der Waals surface area contributed by atoms with Gasteiger partial charge in [-0.25, -0.2) is 17.6 Å². The van der Waals surface area contributed by atoms with Crippen molar-refractivity contribution in [3.63, 3.8) is 0 Å². The van der Waals surface area contributed by atoms with Crippen LogP contribution in [0.4, 0.5) is 17.6 Å². The third kappa shape index (κ3) is 6.77. The lowest BCUT2D eigenvalue weighted by Crippen LogP contribution is -2.52. The molecule has 33 heavy (non-hydrogen) atoms. The van der Waals surface area contributed by atoms with Crippen molar-refractivity contribution in [2.24, 2.45) is 0 Å². The summed E-state index contributed by atoms with van der Waals surface area (Å²) in [7, 11) is 0. The Balaban J connectivity index is 1.55. The molecule has 1 fully saturated rings. The molecule has 5 nitrogen and oxygen atoms in total. The van der Waals surface area contributed by atoms with Gasteiger partial charge in [0.25, 0.3) is 0 Å². The van der Waals surface area contributed by atoms with Gasteiger partial charge < -0.3 is 16.0 Å². The molecule has 2 amide bonds. The first-order valence-electron chi connectivity index (χ1n) is 10.8. The molecule has 1 aliphatic heterocycles. The molecule has 0 radical (unpaired) electrons. The zero-order chi connectivity index (χ0) is 24.0. The summed E-state index contributed by atoms with van der Waals surface area (Å²) in [5, 5.41) is 7.86. The number of hydrogen-bond donors (Lipinski definition) is 3. The van der Waals surface area contributed by atoms with E-state index in [-0.39, 0.29) is 24.4 Å². The van der Waals surface area contributed by atoms with Crippen molar-refractivity contribution in [2.45, 2.75) is 50.6 Å². The van der Waals surface area contributed by atoms with Crippen LogP contribution < -0.4 is 16.0 Å². The normalized spacial score (nSPS) is 18.8. The summed E-state index contributed by atoms with van der Waals surface area (Å²) in [6.45, 7) is 1.95. The van der Waals surface area contributed by atoms with Crippen molar-refractivity contribution in [3.8, 4) is 0 Å². The Hall–Kier alpha value is -2.94. The predicted molar refractivity (Wildman–Crippen MR) is 116 cm³/mol. The number of aryl methyl sites for hydroxylation is 1. The van der Waals surface area contributed by atoms with Crippen LogP contribution in [0.3, 0.4) is 0 Å². The molecular formula is C24H27F4N3O2. The molecule has 0 saturated carbocycles. The van der Waals surface area contributed by atoms with Gasteiger partial charge in [0.05, 0.1) is 6.04 Å².